The molecule has 0 aromatic carbocycles. The summed E-state index contributed by atoms with van der Waals surface area (Å²) in [4.78, 5) is 19.4. The molecule has 3 unspecified atom stereocenters. The lowest BCUT2D eigenvalue weighted by molar-refractivity contribution is 0.0913. The number of piperidine rings is 1. The number of aromatic nitrogens is 2. The van der Waals surface area contributed by atoms with Crippen LogP contribution in [0, 0.1) is 5.92 Å². The highest BCUT2D eigenvalue weighted by Crippen LogP contribution is 2.31. The van der Waals surface area contributed by atoms with Crippen LogP contribution in [0.2, 0.25) is 5.02 Å². The lowest BCUT2D eigenvalue weighted by Gasteiger charge is -2.23. The van der Waals surface area contributed by atoms with Crippen LogP contribution in [0.5, 0.6) is 5.88 Å². The SMILES string of the molecule is O=C(NC1CC2CC1CN2)c1ncc(Cl)c(O)n1. The molecule has 6 nitrogen and oxygen atoms in total. The topological polar surface area (TPSA) is 87.1 Å². The van der Waals surface area contributed by atoms with Gasteiger partial charge in [-0.05, 0) is 18.8 Å². The summed E-state index contributed by atoms with van der Waals surface area (Å²) >= 11 is 5.59. The van der Waals surface area contributed by atoms with Crippen LogP contribution in [-0.2, 0) is 0 Å². The predicted octanol–water partition coefficient (Wildman–Crippen LogP) is 0.316. The Morgan fingerprint density at radius 3 is 3.00 bits per heavy atom. The van der Waals surface area contributed by atoms with E-state index in [1.165, 1.54) is 6.20 Å². The van der Waals surface area contributed by atoms with Gasteiger partial charge in [0.1, 0.15) is 5.02 Å². The average molecular weight is 269 g/mol. The van der Waals surface area contributed by atoms with Crippen molar-refractivity contribution in [1.29, 1.82) is 0 Å². The molecule has 3 rings (SSSR count). The van der Waals surface area contributed by atoms with Crippen molar-refractivity contribution in [1.82, 2.24) is 20.6 Å². The van der Waals surface area contributed by atoms with Crippen molar-refractivity contribution < 1.29 is 9.90 Å². The van der Waals surface area contributed by atoms with E-state index in [4.69, 9.17) is 11.6 Å². The number of halogens is 1. The second-order valence-electron chi connectivity index (χ2n) is 4.78. The van der Waals surface area contributed by atoms with E-state index in [0.29, 0.717) is 12.0 Å². The Kier molecular flexibility index (Phi) is 2.83. The van der Waals surface area contributed by atoms with Gasteiger partial charge in [-0.2, -0.15) is 4.98 Å². The van der Waals surface area contributed by atoms with E-state index in [1.807, 2.05) is 0 Å². The highest BCUT2D eigenvalue weighted by Gasteiger charge is 2.40. The Morgan fingerprint density at radius 2 is 2.39 bits per heavy atom. The van der Waals surface area contributed by atoms with Crippen LogP contribution in [0.3, 0.4) is 0 Å². The first-order chi connectivity index (χ1) is 8.63. The fourth-order valence-corrected chi connectivity index (χ4v) is 2.80. The number of carbonyl (C=O) groups is 1. The number of hydrogen-bond acceptors (Lipinski definition) is 5. The minimum atomic E-state index is -0.369. The van der Waals surface area contributed by atoms with E-state index in [2.05, 4.69) is 20.6 Å². The number of rotatable bonds is 2. The number of hydrogen-bond donors (Lipinski definition) is 3. The van der Waals surface area contributed by atoms with Gasteiger partial charge >= 0.3 is 0 Å². The summed E-state index contributed by atoms with van der Waals surface area (Å²) in [5.41, 5.74) is 0. The lowest BCUT2D eigenvalue weighted by Crippen LogP contribution is -2.44. The van der Waals surface area contributed by atoms with E-state index < -0.39 is 0 Å². The van der Waals surface area contributed by atoms with Crippen molar-refractivity contribution in [3.8, 4) is 5.88 Å². The van der Waals surface area contributed by atoms with Crippen LogP contribution in [0.25, 0.3) is 0 Å². The molecule has 18 heavy (non-hydrogen) atoms. The highest BCUT2D eigenvalue weighted by molar-refractivity contribution is 6.31. The Bertz CT molecular complexity index is 496. The summed E-state index contributed by atoms with van der Waals surface area (Å²) in [5, 5.41) is 15.7. The normalized spacial score (nSPS) is 29.5. The van der Waals surface area contributed by atoms with Gasteiger partial charge in [-0.15, -0.1) is 0 Å². The molecule has 2 aliphatic rings. The molecule has 0 spiro atoms. The van der Waals surface area contributed by atoms with Gasteiger partial charge in [-0.1, -0.05) is 11.6 Å². The van der Waals surface area contributed by atoms with Crippen LogP contribution < -0.4 is 10.6 Å². The molecule has 1 aliphatic carbocycles. The van der Waals surface area contributed by atoms with Crippen molar-refractivity contribution >= 4 is 17.5 Å². The molecule has 3 atom stereocenters. The van der Waals surface area contributed by atoms with Gasteiger partial charge in [-0.25, -0.2) is 4.98 Å². The van der Waals surface area contributed by atoms with E-state index in [0.717, 1.165) is 19.4 Å². The summed E-state index contributed by atoms with van der Waals surface area (Å²) in [6, 6.07) is 0.685. The quantitative estimate of drug-likeness (QED) is 0.719. The fraction of sp³-hybridized carbons (Fsp3) is 0.545. The first-order valence-corrected chi connectivity index (χ1v) is 6.27. The minimum Gasteiger partial charge on any atom is -0.492 e. The zero-order valence-electron chi connectivity index (χ0n) is 9.56. The van der Waals surface area contributed by atoms with Gasteiger partial charge in [0.15, 0.2) is 0 Å². The van der Waals surface area contributed by atoms with Crippen molar-refractivity contribution in [3.05, 3.63) is 17.0 Å². The molecule has 1 saturated heterocycles. The zero-order valence-corrected chi connectivity index (χ0v) is 10.3. The lowest BCUT2D eigenvalue weighted by atomic mass is 10.0. The van der Waals surface area contributed by atoms with E-state index in [-0.39, 0.29) is 28.7 Å². The summed E-state index contributed by atoms with van der Waals surface area (Å²) in [7, 11) is 0. The van der Waals surface area contributed by atoms with Crippen LogP contribution in [-0.4, -0.2) is 39.6 Å². The molecule has 96 valence electrons. The second-order valence-corrected chi connectivity index (χ2v) is 5.19. The summed E-state index contributed by atoms with van der Waals surface area (Å²) < 4.78 is 0. The molecule has 1 aromatic rings. The van der Waals surface area contributed by atoms with Gasteiger partial charge in [0.25, 0.3) is 5.91 Å². The Hall–Kier alpha value is -1.40. The molecule has 1 saturated carbocycles. The highest BCUT2D eigenvalue weighted by atomic mass is 35.5. The van der Waals surface area contributed by atoms with Crippen LogP contribution in [0.1, 0.15) is 23.5 Å². The zero-order chi connectivity index (χ0) is 12.7. The molecular formula is C11H13ClN4O2. The van der Waals surface area contributed by atoms with Crippen LogP contribution in [0.15, 0.2) is 6.20 Å². The Labute approximate surface area is 109 Å². The second kappa shape index (κ2) is 4.37. The van der Waals surface area contributed by atoms with Crippen molar-refractivity contribution in [2.75, 3.05) is 6.54 Å². The third kappa shape index (κ3) is 2.02. The molecule has 2 bridgehead atoms. The molecular weight excluding hydrogens is 256 g/mol. The van der Waals surface area contributed by atoms with Crippen LogP contribution in [0.4, 0.5) is 0 Å². The van der Waals surface area contributed by atoms with Crippen molar-refractivity contribution in [3.63, 3.8) is 0 Å². The number of fused-ring (bicyclic) bond motifs is 2. The van der Waals surface area contributed by atoms with Crippen molar-refractivity contribution in [2.45, 2.75) is 24.9 Å². The molecule has 7 heteroatoms. The van der Waals surface area contributed by atoms with Crippen LogP contribution >= 0.6 is 11.6 Å². The predicted molar refractivity (Wildman–Crippen MR) is 64.5 cm³/mol. The molecule has 3 N–H and O–H groups in total. The first-order valence-electron chi connectivity index (χ1n) is 5.89. The summed E-state index contributed by atoms with van der Waals surface area (Å²) in [6.07, 6.45) is 3.27. The average Bonchev–Trinajstić information content (AvgIpc) is 2.94. The Balaban J connectivity index is 1.69. The Morgan fingerprint density at radius 1 is 1.56 bits per heavy atom. The van der Waals surface area contributed by atoms with Gasteiger partial charge in [0, 0.05) is 18.6 Å². The maximum Gasteiger partial charge on any atom is 0.289 e. The third-order valence-corrected chi connectivity index (χ3v) is 3.88. The van der Waals surface area contributed by atoms with Gasteiger partial charge in [0.05, 0.1) is 6.20 Å². The first kappa shape index (κ1) is 11.7. The molecule has 1 aliphatic heterocycles. The summed E-state index contributed by atoms with van der Waals surface area (Å²) in [5.74, 6) is -0.293. The number of amides is 1. The fourth-order valence-electron chi connectivity index (χ4n) is 2.71. The van der Waals surface area contributed by atoms with Crippen molar-refractivity contribution in [2.24, 2.45) is 5.92 Å². The monoisotopic (exact) mass is 268 g/mol. The maximum atomic E-state index is 11.9. The van der Waals surface area contributed by atoms with Gasteiger partial charge in [0.2, 0.25) is 11.7 Å². The standard InChI is InChI=1S/C11H13ClN4O2/c12-7-4-14-9(16-10(7)17)11(18)15-8-2-6-1-5(8)3-13-6/h4-6,8,13H,1-3H2,(H,15,18)(H,14,16,17). The number of aromatic hydroxyl groups is 1. The number of nitrogens with one attached hydrogen (secondary N) is 2. The third-order valence-electron chi connectivity index (χ3n) is 3.61. The summed E-state index contributed by atoms with van der Waals surface area (Å²) in [6.45, 7) is 0.947. The van der Waals surface area contributed by atoms with E-state index >= 15 is 0 Å². The largest absolute Gasteiger partial charge is 0.492 e. The molecule has 2 fully saturated rings. The van der Waals surface area contributed by atoms with E-state index in [9.17, 15) is 9.90 Å². The number of nitrogens with zero attached hydrogens (tertiary/aromatic N) is 2. The van der Waals surface area contributed by atoms with Gasteiger partial charge in [-0.3, -0.25) is 4.79 Å². The molecule has 1 amide bonds. The maximum absolute atomic E-state index is 11.9. The minimum absolute atomic E-state index is 0.0377. The number of carbonyl (C=O) groups excluding carboxylic acids is 1. The van der Waals surface area contributed by atoms with Gasteiger partial charge < -0.3 is 15.7 Å². The van der Waals surface area contributed by atoms with E-state index in [1.54, 1.807) is 0 Å². The molecule has 1 aromatic heterocycles. The smallest absolute Gasteiger partial charge is 0.289 e. The molecule has 0 radical (unpaired) electrons. The molecule has 2 heterocycles.